The Morgan fingerprint density at radius 1 is 1.40 bits per heavy atom. The highest BCUT2D eigenvalue weighted by atomic mass is 32.1. The van der Waals surface area contributed by atoms with Crippen molar-refractivity contribution in [3.63, 3.8) is 0 Å². The number of nitrogens with two attached hydrogens (primary N) is 1. The Balaban J connectivity index is 2.26. The number of aromatic nitrogens is 3. The van der Waals surface area contributed by atoms with Crippen molar-refractivity contribution in [2.24, 2.45) is 0 Å². The van der Waals surface area contributed by atoms with Crippen molar-refractivity contribution in [3.8, 4) is 0 Å². The van der Waals surface area contributed by atoms with Crippen LogP contribution in [0.1, 0.15) is 37.9 Å². The van der Waals surface area contributed by atoms with E-state index in [1.807, 2.05) is 27.7 Å². The van der Waals surface area contributed by atoms with Gasteiger partial charge in [-0.05, 0) is 6.92 Å². The van der Waals surface area contributed by atoms with Gasteiger partial charge in [0.25, 0.3) is 0 Å². The fraction of sp³-hybridized carbons (Fsp3) is 0.462. The van der Waals surface area contributed by atoms with Crippen LogP contribution in [0, 0.1) is 6.92 Å². The van der Waals surface area contributed by atoms with E-state index in [2.05, 4.69) is 20.3 Å². The average Bonchev–Trinajstić information content (AvgIpc) is 2.75. The van der Waals surface area contributed by atoms with Gasteiger partial charge >= 0.3 is 4.87 Å². The third kappa shape index (κ3) is 3.16. The third-order valence-corrected chi connectivity index (χ3v) is 3.59. The molecular formula is C13H19N5OS. The summed E-state index contributed by atoms with van der Waals surface area (Å²) in [7, 11) is 0. The second-order valence-corrected chi connectivity index (χ2v) is 6.53. The minimum absolute atomic E-state index is 0.0592. The smallest absolute Gasteiger partial charge is 0.304 e. The van der Waals surface area contributed by atoms with Crippen molar-refractivity contribution < 1.29 is 0 Å². The van der Waals surface area contributed by atoms with E-state index in [9.17, 15) is 4.79 Å². The molecule has 0 radical (unpaired) electrons. The molecule has 0 saturated carbocycles. The van der Waals surface area contributed by atoms with E-state index in [-0.39, 0.29) is 10.3 Å². The number of hydrogen-bond donors (Lipinski definition) is 3. The quantitative estimate of drug-likeness (QED) is 0.804. The van der Waals surface area contributed by atoms with Crippen LogP contribution in [-0.2, 0) is 12.0 Å². The maximum atomic E-state index is 11.1. The van der Waals surface area contributed by atoms with E-state index < -0.39 is 0 Å². The summed E-state index contributed by atoms with van der Waals surface area (Å²) in [6, 6.07) is 0. The molecule has 4 N–H and O–H groups in total. The standard InChI is InChI=1S/C13H19N5OS/c1-7-9(14)17-11(13(2,3)4)18-10(7)15-5-8-6-20-12(19)16-8/h6H,5H2,1-4H3,(H,16,19)(H3,14,15,17,18). The Hall–Kier alpha value is -1.89. The Bertz CT molecular complexity index is 668. The lowest BCUT2D eigenvalue weighted by Gasteiger charge is -2.19. The van der Waals surface area contributed by atoms with Crippen LogP contribution in [0.15, 0.2) is 10.2 Å². The van der Waals surface area contributed by atoms with Gasteiger partial charge < -0.3 is 16.0 Å². The number of nitrogens with one attached hydrogen (secondary N) is 2. The summed E-state index contributed by atoms with van der Waals surface area (Å²) < 4.78 is 0. The first-order valence-corrected chi connectivity index (χ1v) is 7.20. The highest BCUT2D eigenvalue weighted by Crippen LogP contribution is 2.24. The monoisotopic (exact) mass is 293 g/mol. The van der Waals surface area contributed by atoms with Crippen molar-refractivity contribution in [1.29, 1.82) is 0 Å². The molecule has 0 saturated heterocycles. The maximum absolute atomic E-state index is 11.1. The van der Waals surface area contributed by atoms with Crippen LogP contribution >= 0.6 is 11.3 Å². The second kappa shape index (κ2) is 5.24. The largest absolute Gasteiger partial charge is 0.383 e. The zero-order valence-corrected chi connectivity index (χ0v) is 12.9. The predicted molar refractivity (Wildman–Crippen MR) is 82.1 cm³/mol. The van der Waals surface area contributed by atoms with Crippen LogP contribution in [0.5, 0.6) is 0 Å². The predicted octanol–water partition coefficient (Wildman–Crippen LogP) is 2.03. The molecule has 7 heteroatoms. The van der Waals surface area contributed by atoms with E-state index in [1.54, 1.807) is 5.38 Å². The molecule has 0 atom stereocenters. The van der Waals surface area contributed by atoms with E-state index in [4.69, 9.17) is 5.73 Å². The highest BCUT2D eigenvalue weighted by molar-refractivity contribution is 7.07. The zero-order chi connectivity index (χ0) is 14.9. The van der Waals surface area contributed by atoms with Gasteiger partial charge in [-0.15, -0.1) is 0 Å². The molecule has 0 amide bonds. The fourth-order valence-corrected chi connectivity index (χ4v) is 2.20. The third-order valence-electron chi connectivity index (χ3n) is 2.87. The second-order valence-electron chi connectivity index (χ2n) is 5.68. The fourth-order valence-electron chi connectivity index (χ4n) is 1.62. The molecule has 108 valence electrons. The lowest BCUT2D eigenvalue weighted by atomic mass is 9.95. The van der Waals surface area contributed by atoms with Crippen molar-refractivity contribution in [3.05, 3.63) is 32.1 Å². The summed E-state index contributed by atoms with van der Waals surface area (Å²) in [6.45, 7) is 8.49. The first-order valence-electron chi connectivity index (χ1n) is 6.32. The van der Waals surface area contributed by atoms with Crippen LogP contribution in [-0.4, -0.2) is 15.0 Å². The maximum Gasteiger partial charge on any atom is 0.304 e. The van der Waals surface area contributed by atoms with Crippen LogP contribution in [0.25, 0.3) is 0 Å². The van der Waals surface area contributed by atoms with Gasteiger partial charge in [-0.2, -0.15) is 0 Å². The van der Waals surface area contributed by atoms with Crippen LogP contribution in [0.3, 0.4) is 0 Å². The van der Waals surface area contributed by atoms with Gasteiger partial charge in [0.1, 0.15) is 17.5 Å². The number of anilines is 2. The lowest BCUT2D eigenvalue weighted by molar-refractivity contribution is 0.546. The summed E-state index contributed by atoms with van der Waals surface area (Å²) >= 11 is 1.15. The van der Waals surface area contributed by atoms with E-state index >= 15 is 0 Å². The summed E-state index contributed by atoms with van der Waals surface area (Å²) in [4.78, 5) is 22.7. The summed E-state index contributed by atoms with van der Waals surface area (Å²) in [5.41, 5.74) is 7.42. The zero-order valence-electron chi connectivity index (χ0n) is 12.1. The summed E-state index contributed by atoms with van der Waals surface area (Å²) in [6.07, 6.45) is 0. The van der Waals surface area contributed by atoms with E-state index in [0.29, 0.717) is 24.0 Å². The number of aromatic amines is 1. The molecule has 0 aliphatic carbocycles. The lowest BCUT2D eigenvalue weighted by Crippen LogP contribution is -2.19. The number of nitrogen functional groups attached to an aromatic ring is 1. The van der Waals surface area contributed by atoms with Gasteiger partial charge in [-0.25, -0.2) is 9.97 Å². The van der Waals surface area contributed by atoms with Gasteiger partial charge in [0.15, 0.2) is 0 Å². The molecule has 0 bridgehead atoms. The highest BCUT2D eigenvalue weighted by Gasteiger charge is 2.20. The molecule has 2 rings (SSSR count). The van der Waals surface area contributed by atoms with Crippen LogP contribution < -0.4 is 15.9 Å². The molecule has 6 nitrogen and oxygen atoms in total. The number of rotatable bonds is 3. The van der Waals surface area contributed by atoms with Crippen molar-refractivity contribution >= 4 is 23.0 Å². The molecule has 2 aromatic rings. The minimum Gasteiger partial charge on any atom is -0.383 e. The molecule has 0 aromatic carbocycles. The minimum atomic E-state index is -0.172. The van der Waals surface area contributed by atoms with E-state index in [1.165, 1.54) is 0 Å². The SMILES string of the molecule is Cc1c(N)nc(C(C)(C)C)nc1NCc1csc(=O)[nH]1. The van der Waals surface area contributed by atoms with Gasteiger partial charge in [0.2, 0.25) is 0 Å². The van der Waals surface area contributed by atoms with Crippen molar-refractivity contribution in [1.82, 2.24) is 15.0 Å². The number of thiazole rings is 1. The van der Waals surface area contributed by atoms with Crippen LogP contribution in [0.2, 0.25) is 0 Å². The van der Waals surface area contributed by atoms with Crippen molar-refractivity contribution in [2.75, 3.05) is 11.1 Å². The number of hydrogen-bond acceptors (Lipinski definition) is 6. The van der Waals surface area contributed by atoms with Crippen LogP contribution in [0.4, 0.5) is 11.6 Å². The molecule has 20 heavy (non-hydrogen) atoms. The van der Waals surface area contributed by atoms with Gasteiger partial charge in [0, 0.05) is 22.1 Å². The average molecular weight is 293 g/mol. The molecular weight excluding hydrogens is 274 g/mol. The summed E-state index contributed by atoms with van der Waals surface area (Å²) in [5.74, 6) is 1.88. The Kier molecular flexibility index (Phi) is 3.80. The van der Waals surface area contributed by atoms with Gasteiger partial charge in [0.05, 0.1) is 6.54 Å². The first-order chi connectivity index (χ1) is 9.27. The number of H-pyrrole nitrogens is 1. The Labute approximate surface area is 121 Å². The van der Waals surface area contributed by atoms with Gasteiger partial charge in [-0.1, -0.05) is 32.1 Å². The molecule has 2 heterocycles. The molecule has 0 spiro atoms. The molecule has 0 unspecified atom stereocenters. The number of nitrogens with zero attached hydrogens (tertiary/aromatic N) is 2. The topological polar surface area (TPSA) is 96.7 Å². The molecule has 2 aromatic heterocycles. The van der Waals surface area contributed by atoms with Gasteiger partial charge in [-0.3, -0.25) is 4.79 Å². The molecule has 0 aliphatic heterocycles. The molecule has 0 aliphatic rings. The first kappa shape index (κ1) is 14.5. The van der Waals surface area contributed by atoms with Crippen molar-refractivity contribution in [2.45, 2.75) is 39.7 Å². The Morgan fingerprint density at radius 2 is 2.10 bits per heavy atom. The Morgan fingerprint density at radius 3 is 2.65 bits per heavy atom. The van der Waals surface area contributed by atoms with E-state index in [0.717, 1.165) is 22.6 Å². The molecule has 0 fully saturated rings. The summed E-state index contributed by atoms with van der Waals surface area (Å²) in [5, 5.41) is 4.99. The normalized spacial score (nSPS) is 11.6.